The highest BCUT2D eigenvalue weighted by atomic mass is 19.1. The number of nitrogens with two attached hydrogens (primary N) is 1. The van der Waals surface area contributed by atoms with Crippen molar-refractivity contribution < 1.29 is 18.7 Å². The van der Waals surface area contributed by atoms with Crippen LogP contribution in [0.25, 0.3) is 0 Å². The zero-order valence-electron chi connectivity index (χ0n) is 15.3. The van der Waals surface area contributed by atoms with E-state index in [-0.39, 0.29) is 24.4 Å². The van der Waals surface area contributed by atoms with Crippen LogP contribution in [0, 0.1) is 11.7 Å². The van der Waals surface area contributed by atoms with E-state index in [1.165, 1.54) is 19.2 Å². The molecule has 136 valence electrons. The molecule has 0 unspecified atom stereocenters. The Morgan fingerprint density at radius 1 is 1.33 bits per heavy atom. The molecule has 0 radical (unpaired) electrons. The van der Waals surface area contributed by atoms with Crippen LogP contribution in [0.5, 0.6) is 5.75 Å². The van der Waals surface area contributed by atoms with Gasteiger partial charge in [0.2, 0.25) is 0 Å². The lowest BCUT2D eigenvalue weighted by molar-refractivity contribution is -0.114. The molecule has 0 aliphatic rings. The van der Waals surface area contributed by atoms with Crippen molar-refractivity contribution >= 4 is 6.29 Å². The summed E-state index contributed by atoms with van der Waals surface area (Å²) in [7, 11) is 1.54. The molecule has 1 aromatic rings. The first kappa shape index (κ1) is 20.6. The lowest BCUT2D eigenvalue weighted by Gasteiger charge is -2.33. The van der Waals surface area contributed by atoms with Gasteiger partial charge in [-0.1, -0.05) is 32.8 Å². The summed E-state index contributed by atoms with van der Waals surface area (Å²) in [6, 6.07) is 4.60. The fourth-order valence-electron chi connectivity index (χ4n) is 3.10. The van der Waals surface area contributed by atoms with Gasteiger partial charge in [-0.25, -0.2) is 4.39 Å². The molecular formula is C19H30FNO3. The third kappa shape index (κ3) is 5.28. The van der Waals surface area contributed by atoms with Crippen molar-refractivity contribution in [2.24, 2.45) is 11.7 Å². The molecule has 0 aromatic heterocycles. The maximum atomic E-state index is 13.5. The number of hydrogen-bond acceptors (Lipinski definition) is 4. The molecule has 0 bridgehead atoms. The van der Waals surface area contributed by atoms with Crippen molar-refractivity contribution in [2.45, 2.75) is 58.1 Å². The Bertz CT molecular complexity index is 529. The smallest absolute Gasteiger partial charge is 0.141 e. The van der Waals surface area contributed by atoms with Gasteiger partial charge in [0.15, 0.2) is 0 Å². The van der Waals surface area contributed by atoms with Crippen LogP contribution >= 0.6 is 0 Å². The third-order valence-electron chi connectivity index (χ3n) is 4.54. The van der Waals surface area contributed by atoms with Crippen LogP contribution in [0.4, 0.5) is 4.39 Å². The van der Waals surface area contributed by atoms with Gasteiger partial charge in [-0.15, -0.1) is 0 Å². The number of carbonyl (C=O) groups is 1. The van der Waals surface area contributed by atoms with Gasteiger partial charge in [0, 0.05) is 17.5 Å². The second kappa shape index (κ2) is 9.14. The first-order valence-corrected chi connectivity index (χ1v) is 8.49. The zero-order valence-corrected chi connectivity index (χ0v) is 15.3. The number of aldehydes is 1. The molecule has 0 spiro atoms. The van der Waals surface area contributed by atoms with E-state index in [0.717, 1.165) is 18.4 Å². The van der Waals surface area contributed by atoms with Crippen molar-refractivity contribution in [3.05, 3.63) is 29.6 Å². The van der Waals surface area contributed by atoms with Crippen LogP contribution < -0.4 is 10.5 Å². The molecule has 0 saturated carbocycles. The van der Waals surface area contributed by atoms with E-state index in [4.69, 9.17) is 15.2 Å². The first-order chi connectivity index (χ1) is 11.3. The Morgan fingerprint density at radius 3 is 2.46 bits per heavy atom. The Hall–Kier alpha value is -1.46. The van der Waals surface area contributed by atoms with Crippen LogP contribution in [0.1, 0.15) is 52.0 Å². The second-order valence-electron chi connectivity index (χ2n) is 6.63. The number of ether oxygens (including phenoxy) is 2. The summed E-state index contributed by atoms with van der Waals surface area (Å²) < 4.78 is 24.9. The number of hydrogen-bond donors (Lipinski definition) is 1. The van der Waals surface area contributed by atoms with Crippen LogP contribution in [0.2, 0.25) is 0 Å². The maximum Gasteiger partial charge on any atom is 0.141 e. The predicted molar refractivity (Wildman–Crippen MR) is 93.8 cm³/mol. The van der Waals surface area contributed by atoms with Crippen molar-refractivity contribution in [3.8, 4) is 5.75 Å². The predicted octanol–water partition coefficient (Wildman–Crippen LogP) is 3.68. The van der Waals surface area contributed by atoms with Gasteiger partial charge in [-0.2, -0.15) is 0 Å². The van der Waals surface area contributed by atoms with Crippen molar-refractivity contribution in [3.63, 3.8) is 0 Å². The number of halogens is 1. The molecule has 24 heavy (non-hydrogen) atoms. The normalized spacial score (nSPS) is 16.5. The lowest BCUT2D eigenvalue weighted by atomic mass is 9.79. The van der Waals surface area contributed by atoms with E-state index in [9.17, 15) is 9.18 Å². The molecule has 1 aromatic carbocycles. The van der Waals surface area contributed by atoms with Crippen molar-refractivity contribution in [1.82, 2.24) is 0 Å². The van der Waals surface area contributed by atoms with Gasteiger partial charge in [-0.3, -0.25) is 0 Å². The van der Waals surface area contributed by atoms with Crippen LogP contribution in [-0.2, 0) is 9.53 Å². The summed E-state index contributed by atoms with van der Waals surface area (Å²) in [6.07, 6.45) is 2.44. The molecule has 1 rings (SSSR count). The molecule has 0 heterocycles. The average Bonchev–Trinajstić information content (AvgIpc) is 2.58. The van der Waals surface area contributed by atoms with E-state index in [1.54, 1.807) is 13.0 Å². The second-order valence-corrected chi connectivity index (χ2v) is 6.63. The van der Waals surface area contributed by atoms with E-state index in [2.05, 4.69) is 13.8 Å². The standard InChI is InChI=1S/C19H30FNO3/c1-6-14(7-2)18(13(3)24-12-19(4,21)11-22)16-9-8-15(20)10-17(16)23-5/h8-11,13-14,18H,6-7,12,21H2,1-5H3/t13-,18+,19-/m0/s1. The van der Waals surface area contributed by atoms with Crippen molar-refractivity contribution in [1.29, 1.82) is 0 Å². The molecule has 0 amide bonds. The van der Waals surface area contributed by atoms with Gasteiger partial charge in [0.05, 0.1) is 25.4 Å². The van der Waals surface area contributed by atoms with Crippen LogP contribution in [0.15, 0.2) is 18.2 Å². The summed E-state index contributed by atoms with van der Waals surface area (Å²) in [5.74, 6) is 0.564. The highest BCUT2D eigenvalue weighted by molar-refractivity contribution is 5.63. The highest BCUT2D eigenvalue weighted by Gasteiger charge is 2.31. The summed E-state index contributed by atoms with van der Waals surface area (Å²) >= 11 is 0. The van der Waals surface area contributed by atoms with Gasteiger partial charge < -0.3 is 20.0 Å². The number of methoxy groups -OCH3 is 1. The largest absolute Gasteiger partial charge is 0.496 e. The number of rotatable bonds is 10. The molecule has 2 N–H and O–H groups in total. The minimum absolute atomic E-state index is 0.0259. The molecular weight excluding hydrogens is 309 g/mol. The maximum absolute atomic E-state index is 13.5. The summed E-state index contributed by atoms with van der Waals surface area (Å²) in [5.41, 5.74) is 5.76. The fourth-order valence-corrected chi connectivity index (χ4v) is 3.10. The van der Waals surface area contributed by atoms with Gasteiger partial charge in [0.25, 0.3) is 0 Å². The Morgan fingerprint density at radius 2 is 1.96 bits per heavy atom. The molecule has 3 atom stereocenters. The minimum Gasteiger partial charge on any atom is -0.496 e. The van der Waals surface area contributed by atoms with E-state index in [0.29, 0.717) is 18.0 Å². The third-order valence-corrected chi connectivity index (χ3v) is 4.54. The minimum atomic E-state index is -1.01. The number of benzene rings is 1. The van der Waals surface area contributed by atoms with Crippen LogP contribution in [-0.4, -0.2) is 31.6 Å². The zero-order chi connectivity index (χ0) is 18.3. The van der Waals surface area contributed by atoms with Gasteiger partial charge in [0.1, 0.15) is 17.9 Å². The van der Waals surface area contributed by atoms with Gasteiger partial charge in [-0.05, 0) is 25.8 Å². The monoisotopic (exact) mass is 339 g/mol. The van der Waals surface area contributed by atoms with E-state index >= 15 is 0 Å². The highest BCUT2D eigenvalue weighted by Crippen LogP contribution is 2.39. The Labute approximate surface area is 144 Å². The lowest BCUT2D eigenvalue weighted by Crippen LogP contribution is -2.44. The van der Waals surface area contributed by atoms with E-state index in [1.807, 2.05) is 6.92 Å². The van der Waals surface area contributed by atoms with Crippen LogP contribution in [0.3, 0.4) is 0 Å². The molecule has 0 aliphatic carbocycles. The summed E-state index contributed by atoms with van der Waals surface area (Å²) in [5, 5.41) is 0. The van der Waals surface area contributed by atoms with Crippen molar-refractivity contribution in [2.75, 3.05) is 13.7 Å². The first-order valence-electron chi connectivity index (χ1n) is 8.49. The molecule has 5 heteroatoms. The topological polar surface area (TPSA) is 61.6 Å². The Kier molecular flexibility index (Phi) is 7.84. The quantitative estimate of drug-likeness (QED) is 0.661. The molecule has 4 nitrogen and oxygen atoms in total. The summed E-state index contributed by atoms with van der Waals surface area (Å²) in [6.45, 7) is 7.99. The van der Waals surface area contributed by atoms with Gasteiger partial charge >= 0.3 is 0 Å². The number of carbonyl (C=O) groups excluding carboxylic acids is 1. The fraction of sp³-hybridized carbons (Fsp3) is 0.632. The van der Waals surface area contributed by atoms with E-state index < -0.39 is 5.54 Å². The molecule has 0 saturated heterocycles. The molecule has 0 fully saturated rings. The average molecular weight is 339 g/mol. The Balaban J connectivity index is 3.15. The summed E-state index contributed by atoms with van der Waals surface area (Å²) in [4.78, 5) is 11.0. The molecule has 0 aliphatic heterocycles. The SMILES string of the molecule is CCC(CC)[C@H](c1ccc(F)cc1OC)[C@H](C)OC[C@@](C)(N)C=O.